The number of nitrogens with zero attached hydrogens (tertiary/aromatic N) is 15. The lowest BCUT2D eigenvalue weighted by atomic mass is 9.78. The molecule has 10 unspecified atom stereocenters. The van der Waals surface area contributed by atoms with Gasteiger partial charge in [0.2, 0.25) is 23.6 Å². The minimum atomic E-state index is -2.58. The number of aliphatic hydroxyl groups excluding tert-OH is 8. The number of aliphatic hydroxyl groups is 8. The van der Waals surface area contributed by atoms with E-state index in [0.29, 0.717) is 105 Å². The molecule has 654 valence electrons. The van der Waals surface area contributed by atoms with Gasteiger partial charge in [0.25, 0.3) is 0 Å². The number of hydrogen-bond donors (Lipinski definition) is 8. The summed E-state index contributed by atoms with van der Waals surface area (Å²) in [5.41, 5.74) is 15.5. The number of halogens is 4. The lowest BCUT2D eigenvalue weighted by molar-refractivity contribution is -0.0646. The molecule has 15 heterocycles. The van der Waals surface area contributed by atoms with Crippen molar-refractivity contribution in [1.29, 1.82) is 0 Å². The molecule has 0 amide bonds. The fourth-order valence-corrected chi connectivity index (χ4v) is 21.3. The van der Waals surface area contributed by atoms with E-state index in [-0.39, 0.29) is 118 Å². The van der Waals surface area contributed by atoms with Gasteiger partial charge in [0.1, 0.15) is 12.2 Å². The first-order valence-corrected chi connectivity index (χ1v) is 45.1. The Bertz CT molecular complexity index is 4760. The molecular formula is C94H115F4N15O10. The highest BCUT2D eigenvalue weighted by atomic mass is 19.3. The van der Waals surface area contributed by atoms with Gasteiger partial charge < -0.3 is 73.2 Å². The van der Waals surface area contributed by atoms with Crippen LogP contribution in [0.3, 0.4) is 0 Å². The van der Waals surface area contributed by atoms with Gasteiger partial charge in [-0.15, -0.1) is 0 Å². The number of ether oxygens (including phenoxy) is 2. The van der Waals surface area contributed by atoms with E-state index in [0.717, 1.165) is 187 Å². The normalized spacial score (nSPS) is 26.4. The van der Waals surface area contributed by atoms with E-state index in [1.54, 1.807) is 25.0 Å². The number of pyridine rings is 5. The maximum absolute atomic E-state index is 13.4. The molecule has 8 N–H and O–H groups in total. The van der Waals surface area contributed by atoms with Crippen LogP contribution in [-0.4, -0.2) is 188 Å². The van der Waals surface area contributed by atoms with Crippen LogP contribution in [0.2, 0.25) is 0 Å². The minimum Gasteiger partial charge on any atom is -0.474 e. The third-order valence-corrected chi connectivity index (χ3v) is 28.9. The Balaban J connectivity index is 0.000000105. The van der Waals surface area contributed by atoms with Gasteiger partial charge in [-0.1, -0.05) is 0 Å². The average Bonchev–Trinajstić information content (AvgIpc) is 1.62. The predicted molar refractivity (Wildman–Crippen MR) is 450 cm³/mol. The Labute approximate surface area is 713 Å². The van der Waals surface area contributed by atoms with Gasteiger partial charge in [-0.2, -0.15) is 0 Å². The molecule has 25 nitrogen and oxygen atoms in total. The summed E-state index contributed by atoms with van der Waals surface area (Å²) in [5.74, 6) is -1.84. The second kappa shape index (κ2) is 36.8. The first-order chi connectivity index (χ1) is 59.8. The second-order valence-electron chi connectivity index (χ2n) is 36.9. The van der Waals surface area contributed by atoms with Gasteiger partial charge in [-0.05, 0) is 224 Å². The molecule has 123 heavy (non-hydrogen) atoms. The van der Waals surface area contributed by atoms with E-state index >= 15 is 0 Å². The first-order valence-electron chi connectivity index (χ1n) is 45.1. The quantitative estimate of drug-likeness (QED) is 0.0292. The lowest BCUT2D eigenvalue weighted by Gasteiger charge is -2.32. The van der Waals surface area contributed by atoms with E-state index in [9.17, 15) is 58.4 Å². The van der Waals surface area contributed by atoms with Gasteiger partial charge in [-0.25, -0.2) is 52.4 Å². The monoisotopic (exact) mass is 1690 g/mol. The van der Waals surface area contributed by atoms with Gasteiger partial charge in [0, 0.05) is 136 Å². The number of alkyl halides is 4. The van der Waals surface area contributed by atoms with Gasteiger partial charge in [0.05, 0.1) is 180 Å². The Morgan fingerprint density at radius 2 is 0.561 bits per heavy atom. The van der Waals surface area contributed by atoms with E-state index in [1.807, 2.05) is 108 Å². The maximum atomic E-state index is 13.4. The van der Waals surface area contributed by atoms with Crippen molar-refractivity contribution < 1.29 is 67.9 Å². The van der Waals surface area contributed by atoms with Gasteiger partial charge in [-0.3, -0.25) is 15.0 Å². The maximum Gasteiger partial charge on any atom is 0.248 e. The number of fused-ring (bicyclic) bond motifs is 15. The van der Waals surface area contributed by atoms with E-state index in [2.05, 4.69) is 71.8 Å². The summed E-state index contributed by atoms with van der Waals surface area (Å²) >= 11 is 0. The van der Waals surface area contributed by atoms with Crippen LogP contribution in [0.15, 0.2) is 142 Å². The Morgan fingerprint density at radius 1 is 0.317 bits per heavy atom. The fraction of sp³-hybridized carbons (Fsp3) is 0.574. The first kappa shape index (κ1) is 84.6. The van der Waals surface area contributed by atoms with E-state index in [1.165, 1.54) is 0 Å². The molecule has 5 aliphatic heterocycles. The Hall–Kier alpha value is -9.20. The van der Waals surface area contributed by atoms with Gasteiger partial charge in [0.15, 0.2) is 0 Å². The highest BCUT2D eigenvalue weighted by Gasteiger charge is 2.45. The zero-order chi connectivity index (χ0) is 84.6. The molecule has 7 saturated carbocycles. The average molecular weight is 1690 g/mol. The van der Waals surface area contributed by atoms with Crippen molar-refractivity contribution in [3.05, 3.63) is 170 Å². The Morgan fingerprint density at radius 3 is 0.813 bits per heavy atom. The fourth-order valence-electron chi connectivity index (χ4n) is 21.3. The SMILES string of the molecule is OC(CC1c2nc(OC3CC3)ccc2-c2cncn21)C1CCC(F)(F)CC1.OC(CC1c2nc(OC3CC3)ccc2-c2cncn21)C1CCC(F)(F)CC1.OCC1CCC(C(O)CC2c3ncccc3-c3cncn32)CC1.OCC1CCC(C(O)CC2c3ncccc3-c3cncn32)CC1.OCC1CCC(C(O)CC2c3ncccc3-c3cncn32)CC1. The van der Waals surface area contributed by atoms with Gasteiger partial charge >= 0.3 is 0 Å². The molecule has 10 atom stereocenters. The summed E-state index contributed by atoms with van der Waals surface area (Å²) in [5, 5.41) is 81.6. The van der Waals surface area contributed by atoms with Crippen molar-refractivity contribution in [2.75, 3.05) is 19.8 Å². The van der Waals surface area contributed by atoms with Crippen LogP contribution < -0.4 is 9.47 Å². The summed E-state index contributed by atoms with van der Waals surface area (Å²) < 4.78 is 75.9. The van der Waals surface area contributed by atoms with Crippen molar-refractivity contribution in [2.24, 2.45) is 47.3 Å². The van der Waals surface area contributed by atoms with Crippen LogP contribution in [0.25, 0.3) is 56.3 Å². The molecule has 0 aromatic carbocycles. The molecule has 10 aromatic rings. The molecule has 22 rings (SSSR count). The zero-order valence-electron chi connectivity index (χ0n) is 69.6. The molecule has 29 heteroatoms. The van der Waals surface area contributed by atoms with Crippen molar-refractivity contribution in [1.82, 2.24) is 72.7 Å². The molecule has 7 aliphatic carbocycles. The third-order valence-electron chi connectivity index (χ3n) is 28.9. The van der Waals surface area contributed by atoms with Crippen molar-refractivity contribution in [2.45, 2.75) is 271 Å². The van der Waals surface area contributed by atoms with Crippen LogP contribution in [0.5, 0.6) is 11.8 Å². The summed E-state index contributed by atoms with van der Waals surface area (Å²) in [4.78, 5) is 44.4. The van der Waals surface area contributed by atoms with Crippen molar-refractivity contribution in [3.8, 4) is 68.0 Å². The summed E-state index contributed by atoms with van der Waals surface area (Å²) in [6, 6.07) is 19.8. The molecular weight excluding hydrogens is 1580 g/mol. The smallest absolute Gasteiger partial charge is 0.248 e. The van der Waals surface area contributed by atoms with Crippen LogP contribution in [-0.2, 0) is 0 Å². The topological polar surface area (TPSA) is 334 Å². The summed E-state index contributed by atoms with van der Waals surface area (Å²) in [6.45, 7) is 0.837. The Kier molecular flexibility index (Phi) is 25.3. The number of imidazole rings is 5. The predicted octanol–water partition coefficient (Wildman–Crippen LogP) is 15.1. The van der Waals surface area contributed by atoms with Crippen LogP contribution >= 0.6 is 0 Å². The third kappa shape index (κ3) is 18.5. The molecule has 0 bridgehead atoms. The second-order valence-corrected chi connectivity index (χ2v) is 36.9. The van der Waals surface area contributed by atoms with Crippen LogP contribution in [0, 0.1) is 47.3 Å². The molecule has 7 fully saturated rings. The molecule has 10 aromatic heterocycles. The largest absolute Gasteiger partial charge is 0.474 e. The highest BCUT2D eigenvalue weighted by molar-refractivity contribution is 5.71. The molecule has 0 spiro atoms. The summed E-state index contributed by atoms with van der Waals surface area (Å²) in [7, 11) is 0. The molecule has 12 aliphatic rings. The molecule has 0 saturated heterocycles. The minimum absolute atomic E-state index is 0.0780. The van der Waals surface area contributed by atoms with Crippen molar-refractivity contribution >= 4 is 0 Å². The lowest BCUT2D eigenvalue weighted by Crippen LogP contribution is -2.32. The highest BCUT2D eigenvalue weighted by Crippen LogP contribution is 2.51. The zero-order valence-corrected chi connectivity index (χ0v) is 69.6. The van der Waals surface area contributed by atoms with E-state index < -0.39 is 24.1 Å². The standard InChI is InChI=1S/2C20H23F2N3O2.3C18H23N3O2/c2*21-20(22)7-5-12(6-8-20)17(26)9-15-19-14(16-10-23-11-25(15)16)3-4-18(24-19)27-13-1-2-13;3*22-10-12-3-5-13(6-4-12)17(23)8-15-18-14(2-1-7-20-18)16-9-19-11-21(15)16/h2*3-4,10-13,15,17,26H,1-2,5-9H2;3*1-2,7,9,11-13,15,17,22-23H,3-6,8,10H2. The molecule has 0 radical (unpaired) electrons. The van der Waals surface area contributed by atoms with Crippen molar-refractivity contribution in [3.63, 3.8) is 0 Å². The summed E-state index contributed by atoms with van der Waals surface area (Å²) in [6.07, 6.45) is 42.3. The number of aromatic nitrogens is 15. The van der Waals surface area contributed by atoms with Crippen LogP contribution in [0.1, 0.15) is 245 Å². The number of hydrogen-bond acceptors (Lipinski definition) is 20. The van der Waals surface area contributed by atoms with Crippen LogP contribution in [0.4, 0.5) is 17.6 Å². The number of rotatable bonds is 22. The van der Waals surface area contributed by atoms with E-state index in [4.69, 9.17) is 19.4 Å².